The van der Waals surface area contributed by atoms with Crippen molar-refractivity contribution >= 4 is 23.3 Å². The van der Waals surface area contributed by atoms with E-state index in [1.807, 2.05) is 13.8 Å². The van der Waals surface area contributed by atoms with Gasteiger partial charge in [-0.3, -0.25) is 9.78 Å². The van der Waals surface area contributed by atoms with Crippen molar-refractivity contribution in [2.75, 3.05) is 11.9 Å². The van der Waals surface area contributed by atoms with Gasteiger partial charge in [0.25, 0.3) is 5.91 Å². The number of nitrogens with zero attached hydrogens (tertiary/aromatic N) is 1. The number of carbonyl (C=O) groups excluding carboxylic acids is 2. The molecule has 1 aromatic heterocycles. The number of nitrogens with one attached hydrogen (secondary N) is 2. The van der Waals surface area contributed by atoms with Crippen LogP contribution in [0.3, 0.4) is 0 Å². The van der Waals surface area contributed by atoms with Gasteiger partial charge in [0.05, 0.1) is 29.6 Å². The van der Waals surface area contributed by atoms with Gasteiger partial charge in [-0.1, -0.05) is 6.92 Å². The topological polar surface area (TPSA) is 80.3 Å². The third kappa shape index (κ3) is 5.31. The Morgan fingerprint density at radius 1 is 1.08 bits per heavy atom. The molecule has 0 aliphatic rings. The Bertz CT molecular complexity index is 729. The summed E-state index contributed by atoms with van der Waals surface area (Å²) < 4.78 is 4.96. The van der Waals surface area contributed by atoms with Gasteiger partial charge < -0.3 is 15.4 Å². The molecule has 132 valence electrons. The summed E-state index contributed by atoms with van der Waals surface area (Å²) >= 11 is 0. The molecule has 0 radical (unpaired) electrons. The minimum Gasteiger partial charge on any atom is -0.462 e. The highest BCUT2D eigenvalue weighted by Crippen LogP contribution is 2.18. The average molecular weight is 341 g/mol. The summed E-state index contributed by atoms with van der Waals surface area (Å²) in [7, 11) is 0. The van der Waals surface area contributed by atoms with Crippen molar-refractivity contribution in [2.24, 2.45) is 0 Å². The van der Waals surface area contributed by atoms with E-state index in [2.05, 4.69) is 15.6 Å². The molecule has 1 heterocycles. The van der Waals surface area contributed by atoms with Crippen LogP contribution in [0.25, 0.3) is 0 Å². The second-order valence-corrected chi connectivity index (χ2v) is 5.67. The van der Waals surface area contributed by atoms with E-state index in [1.165, 1.54) is 6.20 Å². The van der Waals surface area contributed by atoms with Crippen LogP contribution in [-0.2, 0) is 4.74 Å². The van der Waals surface area contributed by atoms with Gasteiger partial charge >= 0.3 is 5.97 Å². The number of anilines is 2. The summed E-state index contributed by atoms with van der Waals surface area (Å²) in [5.41, 5.74) is 2.47. The fourth-order valence-corrected chi connectivity index (χ4v) is 2.11. The lowest BCUT2D eigenvalue weighted by molar-refractivity contribution is 0.0526. The summed E-state index contributed by atoms with van der Waals surface area (Å²) in [6.45, 7) is 6.08. The zero-order valence-corrected chi connectivity index (χ0v) is 14.7. The third-order valence-electron chi connectivity index (χ3n) is 3.68. The lowest BCUT2D eigenvalue weighted by atomic mass is 10.2. The molecule has 2 rings (SSSR count). The van der Waals surface area contributed by atoms with Crippen LogP contribution in [0, 0.1) is 0 Å². The maximum Gasteiger partial charge on any atom is 0.338 e. The summed E-state index contributed by atoms with van der Waals surface area (Å²) in [6.07, 6.45) is 4.04. The van der Waals surface area contributed by atoms with Crippen molar-refractivity contribution in [3.63, 3.8) is 0 Å². The number of aromatic nitrogens is 1. The molecule has 0 aliphatic heterocycles. The monoisotopic (exact) mass is 341 g/mol. The molecular weight excluding hydrogens is 318 g/mol. The molecule has 1 atom stereocenters. The number of pyridine rings is 1. The van der Waals surface area contributed by atoms with Crippen molar-refractivity contribution in [3.8, 4) is 0 Å². The summed E-state index contributed by atoms with van der Waals surface area (Å²) in [4.78, 5) is 27.9. The highest BCUT2D eigenvalue weighted by Gasteiger charge is 2.10. The lowest BCUT2D eigenvalue weighted by Crippen LogP contribution is -2.31. The molecule has 0 saturated heterocycles. The summed E-state index contributed by atoms with van der Waals surface area (Å²) in [6, 6.07) is 8.78. The van der Waals surface area contributed by atoms with Crippen molar-refractivity contribution < 1.29 is 14.3 Å². The van der Waals surface area contributed by atoms with Crippen molar-refractivity contribution in [1.29, 1.82) is 0 Å². The minimum absolute atomic E-state index is 0.111. The van der Waals surface area contributed by atoms with E-state index in [-0.39, 0.29) is 17.9 Å². The van der Waals surface area contributed by atoms with Crippen molar-refractivity contribution in [2.45, 2.75) is 33.2 Å². The first-order valence-electron chi connectivity index (χ1n) is 8.33. The maximum absolute atomic E-state index is 12.2. The van der Waals surface area contributed by atoms with Gasteiger partial charge in [0.1, 0.15) is 0 Å². The zero-order valence-electron chi connectivity index (χ0n) is 14.7. The van der Waals surface area contributed by atoms with Crippen LogP contribution in [0.4, 0.5) is 11.4 Å². The minimum atomic E-state index is -0.348. The molecule has 1 amide bonds. The molecule has 0 aliphatic carbocycles. The van der Waals surface area contributed by atoms with E-state index in [0.717, 1.165) is 12.1 Å². The van der Waals surface area contributed by atoms with E-state index in [4.69, 9.17) is 4.74 Å². The molecule has 25 heavy (non-hydrogen) atoms. The quantitative estimate of drug-likeness (QED) is 0.753. The number of rotatable bonds is 7. The van der Waals surface area contributed by atoms with Crippen LogP contribution in [0.5, 0.6) is 0 Å². The Morgan fingerprint density at radius 2 is 1.80 bits per heavy atom. The van der Waals surface area contributed by atoms with Crippen LogP contribution < -0.4 is 10.6 Å². The van der Waals surface area contributed by atoms with Crippen LogP contribution in [0.1, 0.15) is 47.9 Å². The molecule has 6 heteroatoms. The fourth-order valence-electron chi connectivity index (χ4n) is 2.11. The number of carbonyl (C=O) groups is 2. The van der Waals surface area contributed by atoms with E-state index >= 15 is 0 Å². The van der Waals surface area contributed by atoms with Gasteiger partial charge in [0.15, 0.2) is 0 Å². The number of esters is 1. The second kappa shape index (κ2) is 8.82. The van der Waals surface area contributed by atoms with E-state index in [9.17, 15) is 9.59 Å². The number of amides is 1. The smallest absolute Gasteiger partial charge is 0.338 e. The van der Waals surface area contributed by atoms with Crippen LogP contribution in [0.15, 0.2) is 42.7 Å². The molecule has 0 saturated carbocycles. The Hall–Kier alpha value is -2.89. The van der Waals surface area contributed by atoms with Crippen molar-refractivity contribution in [3.05, 3.63) is 53.9 Å². The highest BCUT2D eigenvalue weighted by molar-refractivity contribution is 5.95. The fraction of sp³-hybridized carbons (Fsp3) is 0.316. The van der Waals surface area contributed by atoms with Gasteiger partial charge in [0, 0.05) is 17.9 Å². The number of hydrogen-bond donors (Lipinski definition) is 2. The standard InChI is InChI=1S/C19H23N3O3/c1-4-13(3)21-18(23)15-10-17(12-20-11-15)22-16-8-6-14(7-9-16)19(24)25-5-2/h6-13,22H,4-5H2,1-3H3,(H,21,23). The van der Waals surface area contributed by atoms with Crippen LogP contribution in [-0.4, -0.2) is 29.5 Å². The molecule has 2 aromatic rings. The highest BCUT2D eigenvalue weighted by atomic mass is 16.5. The Balaban J connectivity index is 2.06. The summed E-state index contributed by atoms with van der Waals surface area (Å²) in [5, 5.41) is 6.08. The van der Waals surface area contributed by atoms with E-state index in [1.54, 1.807) is 43.5 Å². The SMILES string of the molecule is CCOC(=O)c1ccc(Nc2cncc(C(=O)NC(C)CC)c2)cc1. The average Bonchev–Trinajstić information content (AvgIpc) is 2.62. The van der Waals surface area contributed by atoms with E-state index < -0.39 is 0 Å². The molecule has 6 nitrogen and oxygen atoms in total. The van der Waals surface area contributed by atoms with E-state index in [0.29, 0.717) is 23.4 Å². The zero-order chi connectivity index (χ0) is 18.2. The predicted molar refractivity (Wildman–Crippen MR) is 97.1 cm³/mol. The molecule has 1 unspecified atom stereocenters. The molecule has 0 fully saturated rings. The number of benzene rings is 1. The maximum atomic E-state index is 12.2. The molecule has 0 bridgehead atoms. The first kappa shape index (κ1) is 18.4. The predicted octanol–water partition coefficient (Wildman–Crippen LogP) is 3.53. The lowest BCUT2D eigenvalue weighted by Gasteiger charge is -2.12. The summed E-state index contributed by atoms with van der Waals surface area (Å²) in [5.74, 6) is -0.498. The van der Waals surface area contributed by atoms with Gasteiger partial charge in [0.2, 0.25) is 0 Å². The second-order valence-electron chi connectivity index (χ2n) is 5.67. The van der Waals surface area contributed by atoms with Gasteiger partial charge in [-0.15, -0.1) is 0 Å². The van der Waals surface area contributed by atoms with Crippen LogP contribution in [0.2, 0.25) is 0 Å². The Labute approximate surface area is 147 Å². The first-order valence-corrected chi connectivity index (χ1v) is 8.33. The number of ether oxygens (including phenoxy) is 1. The first-order chi connectivity index (χ1) is 12.0. The number of hydrogen-bond acceptors (Lipinski definition) is 5. The molecular formula is C19H23N3O3. The molecule has 1 aromatic carbocycles. The Kier molecular flexibility index (Phi) is 6.51. The molecule has 0 spiro atoms. The third-order valence-corrected chi connectivity index (χ3v) is 3.68. The van der Waals surface area contributed by atoms with Gasteiger partial charge in [-0.2, -0.15) is 0 Å². The van der Waals surface area contributed by atoms with Gasteiger partial charge in [-0.05, 0) is 50.6 Å². The largest absolute Gasteiger partial charge is 0.462 e. The normalized spacial score (nSPS) is 11.5. The molecule has 2 N–H and O–H groups in total. The van der Waals surface area contributed by atoms with Gasteiger partial charge in [-0.25, -0.2) is 4.79 Å². The van der Waals surface area contributed by atoms with Crippen molar-refractivity contribution in [1.82, 2.24) is 10.3 Å². The van der Waals surface area contributed by atoms with Crippen LogP contribution >= 0.6 is 0 Å². The Morgan fingerprint density at radius 3 is 2.44 bits per heavy atom.